The number of pyridine rings is 1. The van der Waals surface area contributed by atoms with Crippen LogP contribution in [0, 0.1) is 0 Å². The van der Waals surface area contributed by atoms with Gasteiger partial charge in [-0.15, -0.1) is 0 Å². The number of hydrogen-bond donors (Lipinski definition) is 1. The number of nitrogens with one attached hydrogen (secondary N) is 1. The summed E-state index contributed by atoms with van der Waals surface area (Å²) in [5.41, 5.74) is 1.41. The van der Waals surface area contributed by atoms with Gasteiger partial charge in [0.15, 0.2) is 5.43 Å². The maximum Gasteiger partial charge on any atom is 0.263 e. The van der Waals surface area contributed by atoms with Gasteiger partial charge in [0.25, 0.3) is 5.91 Å². The molecule has 21 heavy (non-hydrogen) atoms. The molecule has 0 spiro atoms. The van der Waals surface area contributed by atoms with Crippen molar-refractivity contribution in [2.24, 2.45) is 0 Å². The van der Waals surface area contributed by atoms with Gasteiger partial charge in [0.2, 0.25) is 5.91 Å². The first kappa shape index (κ1) is 15.5. The monoisotopic (exact) mass is 290 g/mol. The van der Waals surface area contributed by atoms with Crippen LogP contribution in [0.5, 0.6) is 0 Å². The topological polar surface area (TPSA) is 68.2 Å². The van der Waals surface area contributed by atoms with Crippen LogP contribution in [0.4, 0.5) is 0 Å². The molecule has 1 aliphatic heterocycles. The van der Waals surface area contributed by atoms with E-state index in [-0.39, 0.29) is 23.3 Å². The van der Waals surface area contributed by atoms with Crippen molar-refractivity contribution < 1.29 is 9.59 Å². The van der Waals surface area contributed by atoms with Crippen LogP contribution < -0.4 is 10.7 Å². The van der Waals surface area contributed by atoms with E-state index in [4.69, 9.17) is 0 Å². The summed E-state index contributed by atoms with van der Waals surface area (Å²) >= 11 is 0. The average Bonchev–Trinajstić information content (AvgIpc) is 2.43. The molecule has 2 heterocycles. The summed E-state index contributed by atoms with van der Waals surface area (Å²) in [6.45, 7) is 4.95. The van der Waals surface area contributed by atoms with E-state index in [0.717, 1.165) is 44.3 Å². The molecule has 0 saturated heterocycles. The molecule has 0 bridgehead atoms. The summed E-state index contributed by atoms with van der Waals surface area (Å²) in [6, 6.07) is 1.57. The Morgan fingerprint density at radius 1 is 1.14 bits per heavy atom. The summed E-state index contributed by atoms with van der Waals surface area (Å²) in [5.74, 6) is -0.886. The largest absolute Gasteiger partial charge is 0.347 e. The number of imide groups is 1. The molecule has 5 heteroatoms. The van der Waals surface area contributed by atoms with E-state index in [1.807, 2.05) is 4.57 Å². The first-order valence-corrected chi connectivity index (χ1v) is 7.68. The molecule has 114 valence electrons. The molecule has 0 aliphatic carbocycles. The number of aryl methyl sites for hydroxylation is 1. The Hall–Kier alpha value is -1.91. The smallest absolute Gasteiger partial charge is 0.263 e. The molecule has 0 radical (unpaired) electrons. The van der Waals surface area contributed by atoms with E-state index in [1.165, 1.54) is 0 Å². The van der Waals surface area contributed by atoms with Gasteiger partial charge < -0.3 is 4.57 Å². The van der Waals surface area contributed by atoms with Gasteiger partial charge in [-0.25, -0.2) is 0 Å². The second kappa shape index (κ2) is 6.70. The minimum absolute atomic E-state index is 0.111. The third kappa shape index (κ3) is 3.23. The molecule has 1 aromatic rings. The van der Waals surface area contributed by atoms with Crippen molar-refractivity contribution in [3.05, 3.63) is 33.2 Å². The van der Waals surface area contributed by atoms with Crippen molar-refractivity contribution in [3.63, 3.8) is 0 Å². The Kier molecular flexibility index (Phi) is 4.94. The predicted octanol–water partition coefficient (Wildman–Crippen LogP) is 1.80. The van der Waals surface area contributed by atoms with Crippen molar-refractivity contribution in [1.29, 1.82) is 0 Å². The minimum Gasteiger partial charge on any atom is -0.347 e. The van der Waals surface area contributed by atoms with Crippen molar-refractivity contribution in [1.82, 2.24) is 9.88 Å². The molecule has 0 aromatic carbocycles. The summed E-state index contributed by atoms with van der Waals surface area (Å²) in [6.07, 6.45) is 4.93. The lowest BCUT2D eigenvalue weighted by Crippen LogP contribution is -2.43. The highest BCUT2D eigenvalue weighted by Gasteiger charge is 2.28. The summed E-state index contributed by atoms with van der Waals surface area (Å²) < 4.78 is 2.02. The van der Waals surface area contributed by atoms with E-state index < -0.39 is 5.91 Å². The van der Waals surface area contributed by atoms with Gasteiger partial charge in [-0.1, -0.05) is 26.7 Å². The normalized spacial score (nSPS) is 14.0. The Labute approximate surface area is 124 Å². The predicted molar refractivity (Wildman–Crippen MR) is 80.4 cm³/mol. The molecular weight excluding hydrogens is 268 g/mol. The zero-order valence-corrected chi connectivity index (χ0v) is 12.7. The molecule has 5 nitrogen and oxygen atoms in total. The average molecular weight is 290 g/mol. The molecule has 0 fully saturated rings. The fourth-order valence-corrected chi connectivity index (χ4v) is 2.72. The van der Waals surface area contributed by atoms with Crippen LogP contribution in [0.25, 0.3) is 0 Å². The molecule has 0 saturated carbocycles. The minimum atomic E-state index is -0.557. The SMILES string of the molecule is CCCCc1cc(=O)c2c(n1CCCC)CC(=O)NC2=O. The summed E-state index contributed by atoms with van der Waals surface area (Å²) in [7, 11) is 0. The summed E-state index contributed by atoms with van der Waals surface area (Å²) in [5, 5.41) is 2.23. The highest BCUT2D eigenvalue weighted by Crippen LogP contribution is 2.17. The number of carbonyl (C=O) groups is 2. The molecule has 1 aliphatic rings. The van der Waals surface area contributed by atoms with Gasteiger partial charge in [0.05, 0.1) is 6.42 Å². The van der Waals surface area contributed by atoms with Crippen molar-refractivity contribution in [3.8, 4) is 0 Å². The highest BCUT2D eigenvalue weighted by atomic mass is 16.2. The third-order valence-corrected chi connectivity index (χ3v) is 3.83. The van der Waals surface area contributed by atoms with E-state index in [2.05, 4.69) is 19.2 Å². The lowest BCUT2D eigenvalue weighted by Gasteiger charge is -2.23. The van der Waals surface area contributed by atoms with Crippen molar-refractivity contribution >= 4 is 11.8 Å². The Morgan fingerprint density at radius 3 is 2.52 bits per heavy atom. The molecule has 2 amide bonds. The fraction of sp³-hybridized carbons (Fsp3) is 0.562. The number of nitrogens with zero attached hydrogens (tertiary/aromatic N) is 1. The van der Waals surface area contributed by atoms with E-state index in [1.54, 1.807) is 6.07 Å². The third-order valence-electron chi connectivity index (χ3n) is 3.83. The van der Waals surface area contributed by atoms with Crippen molar-refractivity contribution in [2.75, 3.05) is 0 Å². The Bertz CT molecular complexity index is 617. The van der Waals surface area contributed by atoms with Gasteiger partial charge in [-0.05, 0) is 19.3 Å². The van der Waals surface area contributed by atoms with Crippen LogP contribution in [0.2, 0.25) is 0 Å². The highest BCUT2D eigenvalue weighted by molar-refractivity contribution is 6.09. The number of aromatic nitrogens is 1. The van der Waals surface area contributed by atoms with E-state index in [9.17, 15) is 14.4 Å². The number of rotatable bonds is 6. The van der Waals surface area contributed by atoms with Crippen LogP contribution in [0.3, 0.4) is 0 Å². The van der Waals surface area contributed by atoms with Gasteiger partial charge in [-0.3, -0.25) is 19.7 Å². The number of amides is 2. The molecule has 1 N–H and O–H groups in total. The van der Waals surface area contributed by atoms with E-state index >= 15 is 0 Å². The van der Waals surface area contributed by atoms with Gasteiger partial charge >= 0.3 is 0 Å². The van der Waals surface area contributed by atoms with Crippen LogP contribution in [0.1, 0.15) is 61.3 Å². The standard InChI is InChI=1S/C16H22N2O3/c1-3-5-7-11-9-13(19)15-12(18(11)8-6-4-2)10-14(20)17-16(15)21/h9H,3-8,10H2,1-2H3,(H,17,20,21). The van der Waals surface area contributed by atoms with Crippen molar-refractivity contribution in [2.45, 2.75) is 58.9 Å². The Morgan fingerprint density at radius 2 is 1.86 bits per heavy atom. The number of fused-ring (bicyclic) bond motifs is 1. The molecule has 1 aromatic heterocycles. The second-order valence-corrected chi connectivity index (χ2v) is 5.48. The van der Waals surface area contributed by atoms with E-state index in [0.29, 0.717) is 5.69 Å². The number of unbranched alkanes of at least 4 members (excludes halogenated alkanes) is 2. The molecular formula is C16H22N2O3. The quantitative estimate of drug-likeness (QED) is 0.812. The second-order valence-electron chi connectivity index (χ2n) is 5.48. The molecule has 2 rings (SSSR count). The summed E-state index contributed by atoms with van der Waals surface area (Å²) in [4.78, 5) is 35.8. The van der Waals surface area contributed by atoms with Gasteiger partial charge in [-0.2, -0.15) is 0 Å². The van der Waals surface area contributed by atoms with Crippen LogP contribution >= 0.6 is 0 Å². The van der Waals surface area contributed by atoms with Crippen LogP contribution in [-0.4, -0.2) is 16.4 Å². The maximum absolute atomic E-state index is 12.2. The lowest BCUT2D eigenvalue weighted by atomic mass is 10.0. The first-order chi connectivity index (χ1) is 10.1. The number of hydrogen-bond acceptors (Lipinski definition) is 3. The fourth-order valence-electron chi connectivity index (χ4n) is 2.72. The maximum atomic E-state index is 12.2. The molecule has 0 unspecified atom stereocenters. The lowest BCUT2D eigenvalue weighted by molar-refractivity contribution is -0.119. The first-order valence-electron chi connectivity index (χ1n) is 7.68. The van der Waals surface area contributed by atoms with Crippen LogP contribution in [-0.2, 0) is 24.2 Å². The zero-order chi connectivity index (χ0) is 15.4. The van der Waals surface area contributed by atoms with Crippen LogP contribution in [0.15, 0.2) is 10.9 Å². The Balaban J connectivity index is 2.55. The van der Waals surface area contributed by atoms with Gasteiger partial charge in [0.1, 0.15) is 5.56 Å². The van der Waals surface area contributed by atoms with Gasteiger partial charge in [0, 0.05) is 24.0 Å². The molecule has 0 atom stereocenters. The zero-order valence-electron chi connectivity index (χ0n) is 12.7. The number of carbonyl (C=O) groups excluding carboxylic acids is 2.